The average molecular weight is 345 g/mol. The van der Waals surface area contributed by atoms with Gasteiger partial charge in [0.2, 0.25) is 5.91 Å². The smallest absolute Gasteiger partial charge is 0.357 e. The van der Waals surface area contributed by atoms with Crippen molar-refractivity contribution >= 4 is 22.6 Å². The van der Waals surface area contributed by atoms with Crippen molar-refractivity contribution in [3.8, 4) is 0 Å². The van der Waals surface area contributed by atoms with E-state index in [1.165, 1.54) is 12.1 Å². The van der Waals surface area contributed by atoms with E-state index in [1.807, 2.05) is 6.92 Å². The number of benzene rings is 1. The van der Waals surface area contributed by atoms with Crippen LogP contribution in [0.25, 0.3) is 10.8 Å². The summed E-state index contributed by atoms with van der Waals surface area (Å²) in [4.78, 5) is 36.1. The number of carboxylic acids is 1. The van der Waals surface area contributed by atoms with Crippen molar-refractivity contribution in [1.29, 1.82) is 0 Å². The van der Waals surface area contributed by atoms with Crippen LogP contribution in [0.3, 0.4) is 0 Å². The van der Waals surface area contributed by atoms with E-state index in [0.29, 0.717) is 5.92 Å². The normalized spacial score (nSPS) is 12.3. The van der Waals surface area contributed by atoms with Crippen molar-refractivity contribution in [3.05, 3.63) is 40.3 Å². The van der Waals surface area contributed by atoms with Crippen LogP contribution in [0.15, 0.2) is 29.1 Å². The molecule has 0 fully saturated rings. The van der Waals surface area contributed by atoms with Crippen LogP contribution in [0.2, 0.25) is 0 Å². The van der Waals surface area contributed by atoms with Gasteiger partial charge in [0.25, 0.3) is 5.56 Å². The molecule has 1 unspecified atom stereocenters. The lowest BCUT2D eigenvalue weighted by atomic mass is 10.0. The standard InChI is InChI=1S/C18H23N3O4/c1-11(2)8-9-12(3)19-15(22)10-21-17(23)14-7-5-4-6-13(14)16(20-21)18(24)25/h4-7,11-12H,8-10H2,1-3H3,(H,19,22)(H,24,25). The van der Waals surface area contributed by atoms with Crippen LogP contribution in [0, 0.1) is 5.92 Å². The zero-order valence-corrected chi connectivity index (χ0v) is 14.7. The molecule has 7 nitrogen and oxygen atoms in total. The average Bonchev–Trinajstić information content (AvgIpc) is 2.55. The minimum atomic E-state index is -1.24. The van der Waals surface area contributed by atoms with Gasteiger partial charge in [-0.1, -0.05) is 32.0 Å². The molecule has 1 amide bonds. The number of carbonyl (C=O) groups is 2. The number of carbonyl (C=O) groups excluding carboxylic acids is 1. The maximum atomic E-state index is 12.5. The first kappa shape index (κ1) is 18.6. The second-order valence-corrected chi connectivity index (χ2v) is 6.60. The molecule has 0 aliphatic rings. The molecule has 0 aliphatic heterocycles. The highest BCUT2D eigenvalue weighted by molar-refractivity contribution is 6.01. The minimum absolute atomic E-state index is 0.0231. The second-order valence-electron chi connectivity index (χ2n) is 6.60. The van der Waals surface area contributed by atoms with E-state index in [1.54, 1.807) is 12.1 Å². The van der Waals surface area contributed by atoms with Gasteiger partial charge >= 0.3 is 5.97 Å². The molecule has 0 bridgehead atoms. The fraction of sp³-hybridized carbons (Fsp3) is 0.444. The van der Waals surface area contributed by atoms with Crippen LogP contribution >= 0.6 is 0 Å². The number of amides is 1. The number of aromatic nitrogens is 2. The van der Waals surface area contributed by atoms with E-state index >= 15 is 0 Å². The molecule has 7 heteroatoms. The lowest BCUT2D eigenvalue weighted by Gasteiger charge is -2.15. The molecule has 0 radical (unpaired) electrons. The Hall–Kier alpha value is -2.70. The highest BCUT2D eigenvalue weighted by atomic mass is 16.4. The van der Waals surface area contributed by atoms with Gasteiger partial charge in [0.05, 0.1) is 5.39 Å². The lowest BCUT2D eigenvalue weighted by molar-refractivity contribution is -0.122. The van der Waals surface area contributed by atoms with E-state index in [4.69, 9.17) is 0 Å². The molecule has 0 spiro atoms. The van der Waals surface area contributed by atoms with Crippen molar-refractivity contribution in [3.63, 3.8) is 0 Å². The first-order valence-corrected chi connectivity index (χ1v) is 8.32. The Morgan fingerprint density at radius 3 is 2.40 bits per heavy atom. The third kappa shape index (κ3) is 4.65. The molecule has 1 atom stereocenters. The van der Waals surface area contributed by atoms with Crippen molar-refractivity contribution in [2.24, 2.45) is 5.92 Å². The maximum Gasteiger partial charge on any atom is 0.357 e. The van der Waals surface area contributed by atoms with Crippen LogP contribution in [0.4, 0.5) is 0 Å². The van der Waals surface area contributed by atoms with Crippen LogP contribution in [-0.4, -0.2) is 32.8 Å². The van der Waals surface area contributed by atoms with E-state index in [-0.39, 0.29) is 35.0 Å². The quantitative estimate of drug-likeness (QED) is 0.799. The molecule has 2 rings (SSSR count). The van der Waals surface area contributed by atoms with Crippen LogP contribution in [0.5, 0.6) is 0 Å². The summed E-state index contributed by atoms with van der Waals surface area (Å²) in [6.07, 6.45) is 1.82. The Balaban J connectivity index is 2.23. The van der Waals surface area contributed by atoms with Gasteiger partial charge in [0.15, 0.2) is 5.69 Å². The number of nitrogens with zero attached hydrogens (tertiary/aromatic N) is 2. The number of aromatic carboxylic acids is 1. The fourth-order valence-electron chi connectivity index (χ4n) is 2.61. The Labute approximate surface area is 145 Å². The predicted octanol–water partition coefficient (Wildman–Crippen LogP) is 2.04. The lowest BCUT2D eigenvalue weighted by Crippen LogP contribution is -2.38. The van der Waals surface area contributed by atoms with E-state index < -0.39 is 11.5 Å². The van der Waals surface area contributed by atoms with Crippen molar-refractivity contribution < 1.29 is 14.7 Å². The number of rotatable bonds is 7. The third-order valence-electron chi connectivity index (χ3n) is 3.95. The van der Waals surface area contributed by atoms with Crippen LogP contribution < -0.4 is 10.9 Å². The molecule has 2 N–H and O–H groups in total. The summed E-state index contributed by atoms with van der Waals surface area (Å²) in [5, 5.41) is 16.5. The van der Waals surface area contributed by atoms with Gasteiger partial charge in [-0.2, -0.15) is 5.10 Å². The molecule has 0 saturated heterocycles. The minimum Gasteiger partial charge on any atom is -0.476 e. The summed E-state index contributed by atoms with van der Waals surface area (Å²) in [6, 6.07) is 6.33. The first-order chi connectivity index (χ1) is 11.8. The molecule has 1 heterocycles. The zero-order valence-electron chi connectivity index (χ0n) is 14.7. The molecule has 0 saturated carbocycles. The molecular formula is C18H23N3O4. The number of carboxylic acid groups (broad SMARTS) is 1. The van der Waals surface area contributed by atoms with Crippen LogP contribution in [-0.2, 0) is 11.3 Å². The Morgan fingerprint density at radius 1 is 1.16 bits per heavy atom. The largest absolute Gasteiger partial charge is 0.476 e. The van der Waals surface area contributed by atoms with Crippen molar-refractivity contribution in [2.75, 3.05) is 0 Å². The molecule has 2 aromatic rings. The van der Waals surface area contributed by atoms with Crippen LogP contribution in [0.1, 0.15) is 44.1 Å². The van der Waals surface area contributed by atoms with Crippen molar-refractivity contribution in [1.82, 2.24) is 15.1 Å². The van der Waals surface area contributed by atoms with Gasteiger partial charge in [0.1, 0.15) is 6.54 Å². The summed E-state index contributed by atoms with van der Waals surface area (Å²) in [6.45, 7) is 5.82. The van der Waals surface area contributed by atoms with Crippen molar-refractivity contribution in [2.45, 2.75) is 46.2 Å². The second kappa shape index (κ2) is 7.92. The van der Waals surface area contributed by atoms with Gasteiger partial charge in [-0.15, -0.1) is 0 Å². The summed E-state index contributed by atoms with van der Waals surface area (Å²) in [5.41, 5.74) is -0.721. The highest BCUT2D eigenvalue weighted by Gasteiger charge is 2.17. The molecule has 134 valence electrons. The summed E-state index contributed by atoms with van der Waals surface area (Å²) < 4.78 is 0.913. The summed E-state index contributed by atoms with van der Waals surface area (Å²) >= 11 is 0. The van der Waals surface area contributed by atoms with Gasteiger partial charge in [-0.05, 0) is 31.7 Å². The van der Waals surface area contributed by atoms with E-state index in [0.717, 1.165) is 17.5 Å². The summed E-state index contributed by atoms with van der Waals surface area (Å²) in [7, 11) is 0. The molecular weight excluding hydrogens is 322 g/mol. The highest BCUT2D eigenvalue weighted by Crippen LogP contribution is 2.13. The zero-order chi connectivity index (χ0) is 18.6. The topological polar surface area (TPSA) is 101 Å². The molecule has 1 aromatic heterocycles. The molecule has 1 aromatic carbocycles. The first-order valence-electron chi connectivity index (χ1n) is 8.32. The fourth-order valence-corrected chi connectivity index (χ4v) is 2.61. The maximum absolute atomic E-state index is 12.5. The number of hydrogen-bond donors (Lipinski definition) is 2. The van der Waals surface area contributed by atoms with Gasteiger partial charge in [-0.25, -0.2) is 9.48 Å². The van der Waals surface area contributed by atoms with Gasteiger partial charge in [-0.3, -0.25) is 9.59 Å². The summed E-state index contributed by atoms with van der Waals surface area (Å²) in [5.74, 6) is -1.06. The Bertz CT molecular complexity index is 842. The predicted molar refractivity (Wildman–Crippen MR) is 94.6 cm³/mol. The SMILES string of the molecule is CC(C)CCC(C)NC(=O)Cn1nc(C(=O)O)c2ccccc2c1=O. The Morgan fingerprint density at radius 2 is 1.80 bits per heavy atom. The number of nitrogens with one attached hydrogen (secondary N) is 1. The van der Waals surface area contributed by atoms with E-state index in [9.17, 15) is 19.5 Å². The monoisotopic (exact) mass is 345 g/mol. The molecule has 0 aliphatic carbocycles. The third-order valence-corrected chi connectivity index (χ3v) is 3.95. The number of hydrogen-bond acceptors (Lipinski definition) is 4. The van der Waals surface area contributed by atoms with E-state index in [2.05, 4.69) is 24.3 Å². The number of fused-ring (bicyclic) bond motifs is 1. The van der Waals surface area contributed by atoms with Gasteiger partial charge in [0, 0.05) is 11.4 Å². The van der Waals surface area contributed by atoms with Gasteiger partial charge < -0.3 is 10.4 Å². The molecule has 25 heavy (non-hydrogen) atoms. The Kier molecular flexibility index (Phi) is 5.90.